The number of halogens is 1. The number of hydrogen-bond donors (Lipinski definition) is 2. The third-order valence-corrected chi connectivity index (χ3v) is 5.97. The lowest BCUT2D eigenvalue weighted by molar-refractivity contribution is 0.0987. The number of phenolic OH excluding ortho intramolecular Hbond substituents is 1. The number of carbonyl (C=O) groups excluding carboxylic acids is 1. The molecule has 0 unspecified atom stereocenters. The number of nitrogens with two attached hydrogens (primary N) is 1. The average molecular weight is 420 g/mol. The first-order chi connectivity index (χ1) is 14.9. The van der Waals surface area contributed by atoms with Crippen LogP contribution < -0.4 is 5.73 Å². The van der Waals surface area contributed by atoms with Gasteiger partial charge in [0.1, 0.15) is 17.3 Å². The molecule has 1 aliphatic rings. The van der Waals surface area contributed by atoms with Gasteiger partial charge < -0.3 is 10.8 Å². The standard InChI is InChI=1S/C25H26FN3O2/c1-15-9-16(11-18(27)10-15)20-7-8-28-14-17(20)12-25(31)24-4-2-3-23(29-24)21-13-19(30)5-6-22(21)26/h2-8,13-16,18,30H,9-12,27H2,1H3/t15-,16+,18-/m0/s1. The number of carbonyl (C=O) groups is 1. The number of Topliss-reactive ketones (excluding diaryl/α,β-unsaturated/α-hetero) is 1. The molecule has 2 heterocycles. The van der Waals surface area contributed by atoms with Crippen molar-refractivity contribution in [2.24, 2.45) is 11.7 Å². The third kappa shape index (κ3) is 4.80. The maximum atomic E-state index is 14.2. The van der Waals surface area contributed by atoms with E-state index in [1.54, 1.807) is 30.6 Å². The molecule has 1 aromatic carbocycles. The second kappa shape index (κ2) is 8.94. The van der Waals surface area contributed by atoms with Crippen LogP contribution in [0.25, 0.3) is 11.3 Å². The topological polar surface area (TPSA) is 89.1 Å². The zero-order valence-corrected chi connectivity index (χ0v) is 17.5. The number of aromatic hydroxyl groups is 1. The first-order valence-corrected chi connectivity index (χ1v) is 10.6. The Kier molecular flexibility index (Phi) is 6.09. The fraction of sp³-hybridized carbons (Fsp3) is 0.320. The van der Waals surface area contributed by atoms with E-state index in [0.717, 1.165) is 30.4 Å². The number of aromatic nitrogens is 2. The summed E-state index contributed by atoms with van der Waals surface area (Å²) in [5.74, 6) is 0.123. The smallest absolute Gasteiger partial charge is 0.185 e. The monoisotopic (exact) mass is 419 g/mol. The van der Waals surface area contributed by atoms with E-state index in [1.165, 1.54) is 18.2 Å². The van der Waals surface area contributed by atoms with Crippen LogP contribution in [-0.2, 0) is 6.42 Å². The van der Waals surface area contributed by atoms with Crippen molar-refractivity contribution in [3.63, 3.8) is 0 Å². The number of rotatable bonds is 5. The summed E-state index contributed by atoms with van der Waals surface area (Å²) in [5.41, 5.74) is 8.97. The van der Waals surface area contributed by atoms with Crippen LogP contribution >= 0.6 is 0 Å². The molecule has 2 aromatic heterocycles. The number of phenols is 1. The molecule has 160 valence electrons. The predicted octanol–water partition coefficient (Wildman–Crippen LogP) is 4.64. The van der Waals surface area contributed by atoms with E-state index in [2.05, 4.69) is 16.9 Å². The molecular weight excluding hydrogens is 393 g/mol. The molecule has 1 fully saturated rings. The SMILES string of the molecule is C[C@@H]1C[C@H](N)C[C@H](c2ccncc2CC(=O)c2cccc(-c3cc(O)ccc3F)n2)C1. The quantitative estimate of drug-likeness (QED) is 0.588. The second-order valence-electron chi connectivity index (χ2n) is 8.52. The number of hydrogen-bond acceptors (Lipinski definition) is 5. The Bertz CT molecular complexity index is 1090. The summed E-state index contributed by atoms with van der Waals surface area (Å²) in [6.45, 7) is 2.22. The van der Waals surface area contributed by atoms with Gasteiger partial charge >= 0.3 is 0 Å². The van der Waals surface area contributed by atoms with E-state index in [-0.39, 0.29) is 35.3 Å². The predicted molar refractivity (Wildman–Crippen MR) is 117 cm³/mol. The van der Waals surface area contributed by atoms with E-state index >= 15 is 0 Å². The van der Waals surface area contributed by atoms with Gasteiger partial charge in [-0.25, -0.2) is 9.37 Å². The zero-order valence-electron chi connectivity index (χ0n) is 17.5. The molecule has 0 saturated heterocycles. The Hall–Kier alpha value is -3.12. The molecular formula is C25H26FN3O2. The Labute approximate surface area is 181 Å². The molecule has 4 rings (SSSR count). The van der Waals surface area contributed by atoms with Gasteiger partial charge in [0.05, 0.1) is 5.69 Å². The highest BCUT2D eigenvalue weighted by molar-refractivity contribution is 5.96. The van der Waals surface area contributed by atoms with E-state index < -0.39 is 5.82 Å². The molecule has 3 N–H and O–H groups in total. The lowest BCUT2D eigenvalue weighted by Gasteiger charge is -2.32. The van der Waals surface area contributed by atoms with Crippen LogP contribution in [0.3, 0.4) is 0 Å². The number of pyridine rings is 2. The van der Waals surface area contributed by atoms with Crippen LogP contribution in [0.5, 0.6) is 5.75 Å². The summed E-state index contributed by atoms with van der Waals surface area (Å²) >= 11 is 0. The van der Waals surface area contributed by atoms with Gasteiger partial charge in [0.2, 0.25) is 0 Å². The van der Waals surface area contributed by atoms with Crippen molar-refractivity contribution in [2.75, 3.05) is 0 Å². The Morgan fingerprint density at radius 2 is 2.03 bits per heavy atom. The van der Waals surface area contributed by atoms with Crippen molar-refractivity contribution < 1.29 is 14.3 Å². The van der Waals surface area contributed by atoms with Crippen LogP contribution in [0.15, 0.2) is 54.9 Å². The third-order valence-electron chi connectivity index (χ3n) is 5.97. The average Bonchev–Trinajstić information content (AvgIpc) is 2.75. The molecule has 3 atom stereocenters. The first-order valence-electron chi connectivity index (χ1n) is 10.6. The minimum atomic E-state index is -0.507. The van der Waals surface area contributed by atoms with Gasteiger partial charge in [0.25, 0.3) is 0 Å². The van der Waals surface area contributed by atoms with E-state index in [1.807, 2.05) is 6.07 Å². The molecule has 1 saturated carbocycles. The molecule has 31 heavy (non-hydrogen) atoms. The summed E-state index contributed by atoms with van der Waals surface area (Å²) in [6, 6.07) is 10.8. The highest BCUT2D eigenvalue weighted by atomic mass is 19.1. The number of benzene rings is 1. The highest BCUT2D eigenvalue weighted by Crippen LogP contribution is 2.37. The summed E-state index contributed by atoms with van der Waals surface area (Å²) in [5, 5.41) is 9.69. The minimum Gasteiger partial charge on any atom is -0.508 e. The fourth-order valence-electron chi connectivity index (χ4n) is 4.61. The van der Waals surface area contributed by atoms with E-state index in [0.29, 0.717) is 17.5 Å². The Morgan fingerprint density at radius 3 is 2.84 bits per heavy atom. The normalized spacial score (nSPS) is 21.1. The van der Waals surface area contributed by atoms with Gasteiger partial charge in [-0.05, 0) is 78.6 Å². The van der Waals surface area contributed by atoms with Gasteiger partial charge in [0, 0.05) is 30.4 Å². The molecule has 0 bridgehead atoms. The summed E-state index contributed by atoms with van der Waals surface area (Å²) in [4.78, 5) is 21.7. The summed E-state index contributed by atoms with van der Waals surface area (Å²) in [7, 11) is 0. The minimum absolute atomic E-state index is 0.0603. The summed E-state index contributed by atoms with van der Waals surface area (Å²) in [6.07, 6.45) is 6.65. The molecule has 5 nitrogen and oxygen atoms in total. The highest BCUT2D eigenvalue weighted by Gasteiger charge is 2.27. The van der Waals surface area contributed by atoms with Crippen molar-refractivity contribution in [3.05, 3.63) is 77.5 Å². The molecule has 0 radical (unpaired) electrons. The first kappa shape index (κ1) is 21.1. The van der Waals surface area contributed by atoms with E-state index in [9.17, 15) is 14.3 Å². The van der Waals surface area contributed by atoms with Crippen LogP contribution in [0, 0.1) is 11.7 Å². The molecule has 0 aliphatic heterocycles. The van der Waals surface area contributed by atoms with Crippen LogP contribution in [0.4, 0.5) is 4.39 Å². The number of nitrogens with zero attached hydrogens (tertiary/aromatic N) is 2. The van der Waals surface area contributed by atoms with Crippen molar-refractivity contribution >= 4 is 5.78 Å². The molecule has 6 heteroatoms. The lowest BCUT2D eigenvalue weighted by Crippen LogP contribution is -2.31. The lowest BCUT2D eigenvalue weighted by atomic mass is 9.75. The molecule has 1 aliphatic carbocycles. The number of ketones is 1. The van der Waals surface area contributed by atoms with Crippen LogP contribution in [0.2, 0.25) is 0 Å². The van der Waals surface area contributed by atoms with Crippen molar-refractivity contribution in [2.45, 2.75) is 44.6 Å². The maximum absolute atomic E-state index is 14.2. The van der Waals surface area contributed by atoms with Gasteiger partial charge in [-0.3, -0.25) is 9.78 Å². The molecule has 0 amide bonds. The fourth-order valence-corrected chi connectivity index (χ4v) is 4.61. The van der Waals surface area contributed by atoms with Gasteiger partial charge in [-0.2, -0.15) is 0 Å². The van der Waals surface area contributed by atoms with Crippen molar-refractivity contribution in [3.8, 4) is 17.0 Å². The molecule has 3 aromatic rings. The van der Waals surface area contributed by atoms with Crippen LogP contribution in [0.1, 0.15) is 53.7 Å². The van der Waals surface area contributed by atoms with Gasteiger partial charge in [-0.15, -0.1) is 0 Å². The molecule has 0 spiro atoms. The van der Waals surface area contributed by atoms with E-state index in [4.69, 9.17) is 5.73 Å². The van der Waals surface area contributed by atoms with Gasteiger partial charge in [0.15, 0.2) is 5.78 Å². The van der Waals surface area contributed by atoms with Gasteiger partial charge in [-0.1, -0.05) is 13.0 Å². The largest absolute Gasteiger partial charge is 0.508 e. The Balaban J connectivity index is 1.59. The Morgan fingerprint density at radius 1 is 1.19 bits per heavy atom. The summed E-state index contributed by atoms with van der Waals surface area (Å²) < 4.78 is 14.2. The second-order valence-corrected chi connectivity index (χ2v) is 8.52. The van der Waals surface area contributed by atoms with Crippen molar-refractivity contribution in [1.29, 1.82) is 0 Å². The van der Waals surface area contributed by atoms with Crippen LogP contribution in [-0.4, -0.2) is 26.9 Å². The maximum Gasteiger partial charge on any atom is 0.185 e. The van der Waals surface area contributed by atoms with Crippen molar-refractivity contribution in [1.82, 2.24) is 9.97 Å². The zero-order chi connectivity index (χ0) is 22.0.